The van der Waals surface area contributed by atoms with E-state index in [1.54, 1.807) is 0 Å². The normalized spacial score (nSPS) is 19.5. The van der Waals surface area contributed by atoms with Crippen LogP contribution in [0.2, 0.25) is 0 Å². The van der Waals surface area contributed by atoms with Gasteiger partial charge in [-0.05, 0) is 0 Å². The molecule has 0 amide bonds. The number of esters is 1. The summed E-state index contributed by atoms with van der Waals surface area (Å²) in [5, 5.41) is 18.4. The molecule has 2 rings (SSSR count). The lowest BCUT2D eigenvalue weighted by Gasteiger charge is -2.10. The summed E-state index contributed by atoms with van der Waals surface area (Å²) in [5.74, 6) is -2.15. The molecular formula is C9H9NO6. The van der Waals surface area contributed by atoms with Gasteiger partial charge in [-0.2, -0.15) is 0 Å². The zero-order valence-corrected chi connectivity index (χ0v) is 8.12. The van der Waals surface area contributed by atoms with Crippen molar-refractivity contribution in [2.45, 2.75) is 18.9 Å². The van der Waals surface area contributed by atoms with Crippen LogP contribution < -0.4 is 4.84 Å². The number of hydrogen-bond acceptors (Lipinski definition) is 6. The highest BCUT2D eigenvalue weighted by Crippen LogP contribution is 2.20. The largest absolute Gasteiger partial charge is 0.492 e. The van der Waals surface area contributed by atoms with Crippen molar-refractivity contribution in [2.24, 2.45) is 0 Å². The number of rotatable bonds is 2. The van der Waals surface area contributed by atoms with E-state index >= 15 is 0 Å². The van der Waals surface area contributed by atoms with Crippen molar-refractivity contribution in [3.8, 4) is 11.8 Å². The second-order valence-electron chi connectivity index (χ2n) is 3.27. The van der Waals surface area contributed by atoms with Crippen LogP contribution in [-0.2, 0) is 14.3 Å². The van der Waals surface area contributed by atoms with E-state index in [1.165, 1.54) is 0 Å². The first-order chi connectivity index (χ1) is 7.58. The van der Waals surface area contributed by atoms with Crippen molar-refractivity contribution in [3.63, 3.8) is 0 Å². The molecule has 1 saturated heterocycles. The third-order valence-corrected chi connectivity index (χ3v) is 2.13. The van der Waals surface area contributed by atoms with Gasteiger partial charge in [0.05, 0.1) is 0 Å². The number of hydrogen-bond donors (Lipinski definition) is 2. The Morgan fingerprint density at radius 2 is 2.06 bits per heavy atom. The molecule has 1 aromatic rings. The van der Waals surface area contributed by atoms with Crippen LogP contribution in [0, 0.1) is 0 Å². The molecule has 0 aliphatic carbocycles. The van der Waals surface area contributed by atoms with Crippen LogP contribution in [0.15, 0.2) is 12.1 Å². The van der Waals surface area contributed by atoms with Crippen molar-refractivity contribution < 1.29 is 29.4 Å². The number of ether oxygens (including phenoxy) is 1. The van der Waals surface area contributed by atoms with Crippen LogP contribution >= 0.6 is 0 Å². The first kappa shape index (κ1) is 10.3. The summed E-state index contributed by atoms with van der Waals surface area (Å²) in [6.07, 6.45) is -0.585. The standard InChI is InChI=1S/C9H9NO6/c11-6-2-3-7(12)10(6)16-9(14)5-1-4-8(13)15-5/h2-3,5,11-12H,1,4H2/t5-/m0/s1. The predicted molar refractivity (Wildman–Crippen MR) is 48.5 cm³/mol. The maximum absolute atomic E-state index is 11.4. The molecule has 2 N–H and O–H groups in total. The Morgan fingerprint density at radius 1 is 1.44 bits per heavy atom. The van der Waals surface area contributed by atoms with Gasteiger partial charge in [-0.3, -0.25) is 4.79 Å². The number of carbonyl (C=O) groups is 2. The van der Waals surface area contributed by atoms with Gasteiger partial charge in [-0.1, -0.05) is 0 Å². The highest BCUT2D eigenvalue weighted by molar-refractivity contribution is 5.83. The van der Waals surface area contributed by atoms with E-state index in [1.807, 2.05) is 0 Å². The van der Waals surface area contributed by atoms with E-state index in [-0.39, 0.29) is 12.8 Å². The minimum absolute atomic E-state index is 0.156. The summed E-state index contributed by atoms with van der Waals surface area (Å²) in [6.45, 7) is 0. The molecule has 0 aromatic carbocycles. The van der Waals surface area contributed by atoms with Crippen molar-refractivity contribution in [1.29, 1.82) is 0 Å². The molecule has 0 unspecified atom stereocenters. The Kier molecular flexibility index (Phi) is 2.43. The smallest absolute Gasteiger partial charge is 0.373 e. The molecule has 2 heterocycles. The number of cyclic esters (lactones) is 1. The lowest BCUT2D eigenvalue weighted by molar-refractivity contribution is -0.162. The Hall–Kier alpha value is -2.18. The molecule has 7 heteroatoms. The van der Waals surface area contributed by atoms with Crippen LogP contribution in [0.25, 0.3) is 0 Å². The van der Waals surface area contributed by atoms with E-state index in [9.17, 15) is 19.8 Å². The topological polar surface area (TPSA) is 98.0 Å². The Morgan fingerprint density at radius 3 is 2.56 bits per heavy atom. The average Bonchev–Trinajstić information content (AvgIpc) is 2.79. The fraction of sp³-hybridized carbons (Fsp3) is 0.333. The molecule has 16 heavy (non-hydrogen) atoms. The minimum atomic E-state index is -0.978. The van der Waals surface area contributed by atoms with Crippen LogP contribution in [0.1, 0.15) is 12.8 Å². The summed E-state index contributed by atoms with van der Waals surface area (Å²) in [7, 11) is 0. The molecule has 1 atom stereocenters. The molecule has 0 saturated carbocycles. The molecule has 0 bridgehead atoms. The van der Waals surface area contributed by atoms with Crippen molar-refractivity contribution in [1.82, 2.24) is 4.73 Å². The molecule has 7 nitrogen and oxygen atoms in total. The first-order valence-electron chi connectivity index (χ1n) is 4.59. The van der Waals surface area contributed by atoms with Gasteiger partial charge < -0.3 is 19.8 Å². The van der Waals surface area contributed by atoms with Crippen LogP contribution in [0.5, 0.6) is 11.8 Å². The Bertz CT molecular complexity index is 418. The van der Waals surface area contributed by atoms with E-state index in [0.29, 0.717) is 4.73 Å². The fourth-order valence-corrected chi connectivity index (χ4v) is 1.34. The highest BCUT2D eigenvalue weighted by atomic mass is 16.7. The second-order valence-corrected chi connectivity index (χ2v) is 3.27. The van der Waals surface area contributed by atoms with Gasteiger partial charge in [-0.15, -0.1) is 4.73 Å². The average molecular weight is 227 g/mol. The number of aromatic hydroxyl groups is 2. The Balaban J connectivity index is 2.05. The lowest BCUT2D eigenvalue weighted by atomic mass is 10.2. The maximum atomic E-state index is 11.4. The predicted octanol–water partition coefficient (Wildman–Crippen LogP) is -0.440. The van der Waals surface area contributed by atoms with Crippen molar-refractivity contribution >= 4 is 11.9 Å². The lowest BCUT2D eigenvalue weighted by Crippen LogP contribution is -2.30. The number of nitrogens with zero attached hydrogens (tertiary/aromatic N) is 1. The van der Waals surface area contributed by atoms with Gasteiger partial charge in [0.15, 0.2) is 0 Å². The molecule has 1 aliphatic heterocycles. The quantitative estimate of drug-likeness (QED) is 0.664. The molecule has 0 spiro atoms. The van der Waals surface area contributed by atoms with E-state index in [0.717, 1.165) is 12.1 Å². The monoisotopic (exact) mass is 227 g/mol. The van der Waals surface area contributed by atoms with Crippen LogP contribution in [0.4, 0.5) is 0 Å². The van der Waals surface area contributed by atoms with Crippen molar-refractivity contribution in [2.75, 3.05) is 0 Å². The second kappa shape index (κ2) is 3.76. The molecule has 86 valence electrons. The molecule has 1 aromatic heterocycles. The highest BCUT2D eigenvalue weighted by Gasteiger charge is 2.32. The van der Waals surface area contributed by atoms with E-state index < -0.39 is 29.8 Å². The van der Waals surface area contributed by atoms with E-state index in [2.05, 4.69) is 9.57 Å². The van der Waals surface area contributed by atoms with Gasteiger partial charge >= 0.3 is 11.9 Å². The zero-order valence-electron chi connectivity index (χ0n) is 8.12. The molecule has 0 radical (unpaired) electrons. The molecular weight excluding hydrogens is 218 g/mol. The van der Waals surface area contributed by atoms with Gasteiger partial charge in [0, 0.05) is 25.0 Å². The van der Waals surface area contributed by atoms with Crippen molar-refractivity contribution in [3.05, 3.63) is 12.1 Å². The molecule has 1 fully saturated rings. The van der Waals surface area contributed by atoms with Gasteiger partial charge in [0.25, 0.3) is 0 Å². The minimum Gasteiger partial charge on any atom is -0.492 e. The van der Waals surface area contributed by atoms with Gasteiger partial charge in [0.2, 0.25) is 17.9 Å². The van der Waals surface area contributed by atoms with E-state index in [4.69, 9.17) is 0 Å². The number of aromatic nitrogens is 1. The van der Waals surface area contributed by atoms with Gasteiger partial charge in [-0.25, -0.2) is 4.79 Å². The fourth-order valence-electron chi connectivity index (χ4n) is 1.34. The molecule has 1 aliphatic rings. The number of carbonyl (C=O) groups excluding carboxylic acids is 2. The first-order valence-corrected chi connectivity index (χ1v) is 4.59. The SMILES string of the molecule is O=C1CC[C@@H](C(=O)On2c(O)ccc2O)O1. The summed E-state index contributed by atoms with van der Waals surface area (Å²) in [6, 6.07) is 2.31. The third kappa shape index (κ3) is 1.79. The van der Waals surface area contributed by atoms with Crippen LogP contribution in [0.3, 0.4) is 0 Å². The summed E-state index contributed by atoms with van der Waals surface area (Å²) in [4.78, 5) is 26.8. The van der Waals surface area contributed by atoms with Crippen LogP contribution in [-0.4, -0.2) is 33.0 Å². The summed E-state index contributed by atoms with van der Waals surface area (Å²) < 4.78 is 5.21. The Labute approximate surface area is 89.8 Å². The third-order valence-electron chi connectivity index (χ3n) is 2.13. The summed E-state index contributed by atoms with van der Waals surface area (Å²) >= 11 is 0. The van der Waals surface area contributed by atoms with Gasteiger partial charge in [0.1, 0.15) is 0 Å². The zero-order chi connectivity index (χ0) is 11.7. The summed E-state index contributed by atoms with van der Waals surface area (Å²) in [5.41, 5.74) is 0. The maximum Gasteiger partial charge on any atom is 0.373 e.